The van der Waals surface area contributed by atoms with Crippen molar-refractivity contribution in [3.05, 3.63) is 77.7 Å². The van der Waals surface area contributed by atoms with Gasteiger partial charge < -0.3 is 10.1 Å². The fraction of sp³-hybridized carbons (Fsp3) is 0.143. The van der Waals surface area contributed by atoms with E-state index >= 15 is 0 Å². The predicted octanol–water partition coefficient (Wildman–Crippen LogP) is 3.23. The van der Waals surface area contributed by atoms with Crippen LogP contribution in [0.5, 0.6) is 5.75 Å². The van der Waals surface area contributed by atoms with E-state index < -0.39 is 21.6 Å². The van der Waals surface area contributed by atoms with E-state index in [1.807, 2.05) is 0 Å². The Bertz CT molecular complexity index is 1150. The zero-order chi connectivity index (χ0) is 21.0. The molecule has 0 bridgehead atoms. The van der Waals surface area contributed by atoms with Crippen molar-refractivity contribution in [2.24, 2.45) is 0 Å². The largest absolute Gasteiger partial charge is 0.497 e. The lowest BCUT2D eigenvalue weighted by Gasteiger charge is -2.08. The van der Waals surface area contributed by atoms with Gasteiger partial charge in [0.1, 0.15) is 17.3 Å². The third-order valence-electron chi connectivity index (χ3n) is 4.24. The molecule has 6 nitrogen and oxygen atoms in total. The molecule has 0 saturated carbocycles. The van der Waals surface area contributed by atoms with Gasteiger partial charge in [0.05, 0.1) is 17.7 Å². The number of pyridine rings is 1. The standard InChI is InChI=1S/C21H19FN2O4S/c1-28-15-8-11-17(18(22)12-15)19-4-3-5-20(24-19)21(25)23-13-14-6-9-16(10-7-14)29(2,26)27/h3-12H,13H2,1-2H3,(H,23,25). The first-order valence-corrected chi connectivity index (χ1v) is 10.6. The minimum Gasteiger partial charge on any atom is -0.497 e. The highest BCUT2D eigenvalue weighted by Crippen LogP contribution is 2.25. The highest BCUT2D eigenvalue weighted by Gasteiger charge is 2.12. The summed E-state index contributed by atoms with van der Waals surface area (Å²) in [6, 6.07) is 15.4. The first-order chi connectivity index (χ1) is 13.8. The van der Waals surface area contributed by atoms with Crippen LogP contribution in [0, 0.1) is 5.82 Å². The third kappa shape index (κ3) is 4.97. The van der Waals surface area contributed by atoms with Gasteiger partial charge >= 0.3 is 0 Å². The number of carbonyl (C=O) groups is 1. The van der Waals surface area contributed by atoms with E-state index in [9.17, 15) is 17.6 Å². The average Bonchev–Trinajstić information content (AvgIpc) is 2.71. The van der Waals surface area contributed by atoms with E-state index in [1.54, 1.807) is 36.4 Å². The van der Waals surface area contributed by atoms with Crippen LogP contribution in [-0.2, 0) is 16.4 Å². The molecule has 0 aliphatic rings. The quantitative estimate of drug-likeness (QED) is 0.669. The van der Waals surface area contributed by atoms with Crippen LogP contribution in [0.15, 0.2) is 65.6 Å². The van der Waals surface area contributed by atoms with E-state index in [4.69, 9.17) is 4.74 Å². The maximum atomic E-state index is 14.3. The first-order valence-electron chi connectivity index (χ1n) is 8.66. The molecule has 8 heteroatoms. The summed E-state index contributed by atoms with van der Waals surface area (Å²) >= 11 is 0. The molecule has 3 aromatic rings. The fourth-order valence-corrected chi connectivity index (χ4v) is 3.30. The Morgan fingerprint density at radius 3 is 2.45 bits per heavy atom. The molecule has 2 aromatic carbocycles. The Morgan fingerprint density at radius 2 is 1.83 bits per heavy atom. The SMILES string of the molecule is COc1ccc(-c2cccc(C(=O)NCc3ccc(S(C)(=O)=O)cc3)n2)c(F)c1. The van der Waals surface area contributed by atoms with E-state index in [-0.39, 0.29) is 22.7 Å². The van der Waals surface area contributed by atoms with E-state index in [0.717, 1.165) is 11.8 Å². The molecule has 150 valence electrons. The molecule has 1 amide bonds. The number of halogens is 1. The molecule has 0 atom stereocenters. The van der Waals surface area contributed by atoms with E-state index in [2.05, 4.69) is 10.3 Å². The summed E-state index contributed by atoms with van der Waals surface area (Å²) in [5.41, 5.74) is 1.47. The number of ether oxygens (including phenoxy) is 1. The van der Waals surface area contributed by atoms with Gasteiger partial charge in [0, 0.05) is 24.4 Å². The van der Waals surface area contributed by atoms with Gasteiger partial charge in [-0.15, -0.1) is 0 Å². The summed E-state index contributed by atoms with van der Waals surface area (Å²) in [5.74, 6) is -0.532. The minimum atomic E-state index is -3.27. The molecule has 0 spiro atoms. The number of aromatic nitrogens is 1. The third-order valence-corrected chi connectivity index (χ3v) is 5.37. The summed E-state index contributed by atoms with van der Waals surface area (Å²) < 4.78 is 42.3. The average molecular weight is 414 g/mol. The molecule has 29 heavy (non-hydrogen) atoms. The second-order valence-corrected chi connectivity index (χ2v) is 8.37. The van der Waals surface area contributed by atoms with Gasteiger partial charge in [-0.3, -0.25) is 4.79 Å². The minimum absolute atomic E-state index is 0.144. The van der Waals surface area contributed by atoms with Crippen molar-refractivity contribution in [3.63, 3.8) is 0 Å². The number of hydrogen-bond donors (Lipinski definition) is 1. The smallest absolute Gasteiger partial charge is 0.270 e. The number of rotatable bonds is 6. The van der Waals surface area contributed by atoms with Crippen molar-refractivity contribution in [2.45, 2.75) is 11.4 Å². The van der Waals surface area contributed by atoms with Crippen LogP contribution in [0.2, 0.25) is 0 Å². The van der Waals surface area contributed by atoms with Gasteiger partial charge in [0.15, 0.2) is 9.84 Å². The van der Waals surface area contributed by atoms with Crippen molar-refractivity contribution in [1.82, 2.24) is 10.3 Å². The number of nitrogens with zero attached hydrogens (tertiary/aromatic N) is 1. The summed E-state index contributed by atoms with van der Waals surface area (Å²) in [5, 5.41) is 2.72. The second kappa shape index (κ2) is 8.40. The summed E-state index contributed by atoms with van der Waals surface area (Å²) in [7, 11) is -1.82. The monoisotopic (exact) mass is 414 g/mol. The Morgan fingerprint density at radius 1 is 1.10 bits per heavy atom. The van der Waals surface area contributed by atoms with Crippen molar-refractivity contribution >= 4 is 15.7 Å². The number of amides is 1. The number of hydrogen-bond acceptors (Lipinski definition) is 5. The lowest BCUT2D eigenvalue weighted by molar-refractivity contribution is 0.0946. The van der Waals surface area contributed by atoms with Crippen LogP contribution >= 0.6 is 0 Å². The van der Waals surface area contributed by atoms with E-state index in [1.165, 1.54) is 31.4 Å². The molecular weight excluding hydrogens is 395 g/mol. The number of benzene rings is 2. The van der Waals surface area contributed by atoms with Crippen LogP contribution < -0.4 is 10.1 Å². The summed E-state index contributed by atoms with van der Waals surface area (Å²) in [4.78, 5) is 16.9. The molecule has 1 aromatic heterocycles. The molecule has 3 rings (SSSR count). The lowest BCUT2D eigenvalue weighted by Crippen LogP contribution is -2.23. The number of sulfone groups is 1. The van der Waals surface area contributed by atoms with Crippen LogP contribution in [0.1, 0.15) is 16.1 Å². The Kier molecular flexibility index (Phi) is 5.93. The molecule has 0 fully saturated rings. The summed E-state index contributed by atoms with van der Waals surface area (Å²) in [6.45, 7) is 0.200. The van der Waals surface area contributed by atoms with Crippen LogP contribution in [0.4, 0.5) is 4.39 Å². The highest BCUT2D eigenvalue weighted by atomic mass is 32.2. The number of nitrogens with one attached hydrogen (secondary N) is 1. The highest BCUT2D eigenvalue weighted by molar-refractivity contribution is 7.90. The topological polar surface area (TPSA) is 85.4 Å². The van der Waals surface area contributed by atoms with Crippen LogP contribution in [-0.4, -0.2) is 32.7 Å². The van der Waals surface area contributed by atoms with Crippen molar-refractivity contribution in [1.29, 1.82) is 0 Å². The molecule has 0 aliphatic carbocycles. The Labute approximate surface area is 168 Å². The van der Waals surface area contributed by atoms with Gasteiger partial charge in [0.25, 0.3) is 5.91 Å². The van der Waals surface area contributed by atoms with Crippen LogP contribution in [0.3, 0.4) is 0 Å². The zero-order valence-electron chi connectivity index (χ0n) is 15.8. The molecule has 1 heterocycles. The molecular formula is C21H19FN2O4S. The van der Waals surface area contributed by atoms with Crippen molar-refractivity contribution < 1.29 is 22.3 Å². The molecule has 1 N–H and O–H groups in total. The second-order valence-electron chi connectivity index (χ2n) is 6.35. The molecule has 0 saturated heterocycles. The predicted molar refractivity (Wildman–Crippen MR) is 107 cm³/mol. The first kappa shape index (κ1) is 20.5. The van der Waals surface area contributed by atoms with Gasteiger partial charge in [-0.2, -0.15) is 0 Å². The molecule has 0 radical (unpaired) electrons. The summed E-state index contributed by atoms with van der Waals surface area (Å²) in [6.07, 6.45) is 1.13. The molecule has 0 aliphatic heterocycles. The zero-order valence-corrected chi connectivity index (χ0v) is 16.7. The van der Waals surface area contributed by atoms with E-state index in [0.29, 0.717) is 11.4 Å². The van der Waals surface area contributed by atoms with Gasteiger partial charge in [-0.25, -0.2) is 17.8 Å². The maximum Gasteiger partial charge on any atom is 0.270 e. The van der Waals surface area contributed by atoms with Gasteiger partial charge in [0.2, 0.25) is 0 Å². The number of methoxy groups -OCH3 is 1. The number of carbonyl (C=O) groups excluding carboxylic acids is 1. The van der Waals surface area contributed by atoms with Crippen molar-refractivity contribution in [3.8, 4) is 17.0 Å². The van der Waals surface area contributed by atoms with Crippen molar-refractivity contribution in [2.75, 3.05) is 13.4 Å². The Balaban J connectivity index is 1.73. The maximum absolute atomic E-state index is 14.3. The normalized spacial score (nSPS) is 11.1. The Hall–Kier alpha value is -3.26. The van der Waals surface area contributed by atoms with Gasteiger partial charge in [-0.1, -0.05) is 18.2 Å². The van der Waals surface area contributed by atoms with Crippen LogP contribution in [0.25, 0.3) is 11.3 Å². The molecule has 0 unspecified atom stereocenters. The van der Waals surface area contributed by atoms with Gasteiger partial charge in [-0.05, 0) is 42.0 Å². The fourth-order valence-electron chi connectivity index (χ4n) is 2.67. The lowest BCUT2D eigenvalue weighted by atomic mass is 10.1.